The largest absolute Gasteiger partial charge is 0.481 e. The Morgan fingerprint density at radius 2 is 2.00 bits per heavy atom. The molecule has 3 rings (SSSR count). The Balaban J connectivity index is 1.63. The van der Waals surface area contributed by atoms with E-state index in [9.17, 15) is 9.59 Å². The van der Waals surface area contributed by atoms with Crippen molar-refractivity contribution >= 4 is 34.1 Å². The number of hydrogen-bond acceptors (Lipinski definition) is 3. The lowest BCUT2D eigenvalue weighted by molar-refractivity contribution is -0.137. The van der Waals surface area contributed by atoms with Gasteiger partial charge in [-0.3, -0.25) is 9.59 Å². The zero-order chi connectivity index (χ0) is 20.3. The number of carbonyl (C=O) groups excluding carboxylic acids is 1. The molecule has 0 aliphatic heterocycles. The summed E-state index contributed by atoms with van der Waals surface area (Å²) in [6.45, 7) is 6.78. The van der Waals surface area contributed by atoms with Gasteiger partial charge in [-0.15, -0.1) is 11.3 Å². The summed E-state index contributed by atoms with van der Waals surface area (Å²) in [6.07, 6.45) is 0.898. The number of rotatable bonds is 8. The van der Waals surface area contributed by atoms with Crippen molar-refractivity contribution in [1.82, 2.24) is 10.3 Å². The SMILES string of the molecule is Cc1cc(C)c2[nH]c(C)c(CCNC(=O)CC(CC(=O)O)c3cccs3)c2c1. The number of hydrogen-bond donors (Lipinski definition) is 3. The predicted octanol–water partition coefficient (Wildman–Crippen LogP) is 4.46. The molecule has 1 atom stereocenters. The molecule has 0 aliphatic carbocycles. The van der Waals surface area contributed by atoms with E-state index < -0.39 is 5.97 Å². The summed E-state index contributed by atoms with van der Waals surface area (Å²) in [5.41, 5.74) is 5.95. The molecule has 3 aromatic rings. The van der Waals surface area contributed by atoms with Crippen LogP contribution in [0.3, 0.4) is 0 Å². The zero-order valence-corrected chi connectivity index (χ0v) is 17.3. The van der Waals surface area contributed by atoms with Gasteiger partial charge >= 0.3 is 5.97 Å². The van der Waals surface area contributed by atoms with E-state index in [0.29, 0.717) is 6.54 Å². The number of aromatic nitrogens is 1. The maximum absolute atomic E-state index is 12.4. The molecular formula is C22H26N2O3S. The maximum Gasteiger partial charge on any atom is 0.304 e. The van der Waals surface area contributed by atoms with Crippen molar-refractivity contribution in [2.24, 2.45) is 0 Å². The van der Waals surface area contributed by atoms with Gasteiger partial charge in [0, 0.05) is 40.4 Å². The predicted molar refractivity (Wildman–Crippen MR) is 113 cm³/mol. The third-order valence-electron chi connectivity index (χ3n) is 5.07. The normalized spacial score (nSPS) is 12.2. The molecular weight excluding hydrogens is 372 g/mol. The van der Waals surface area contributed by atoms with E-state index in [4.69, 9.17) is 5.11 Å². The third-order valence-corrected chi connectivity index (χ3v) is 6.10. The second-order valence-electron chi connectivity index (χ2n) is 7.35. The van der Waals surface area contributed by atoms with Gasteiger partial charge in [0.1, 0.15) is 0 Å². The molecule has 1 amide bonds. The second kappa shape index (κ2) is 8.61. The molecule has 0 saturated heterocycles. The van der Waals surface area contributed by atoms with E-state index in [1.807, 2.05) is 17.5 Å². The lowest BCUT2D eigenvalue weighted by Gasteiger charge is -2.13. The molecule has 0 saturated carbocycles. The van der Waals surface area contributed by atoms with Crippen LogP contribution in [0.25, 0.3) is 10.9 Å². The Morgan fingerprint density at radius 1 is 1.21 bits per heavy atom. The van der Waals surface area contributed by atoms with Gasteiger partial charge in [0.25, 0.3) is 0 Å². The van der Waals surface area contributed by atoms with Crippen LogP contribution < -0.4 is 5.32 Å². The van der Waals surface area contributed by atoms with Gasteiger partial charge in [-0.05, 0) is 55.8 Å². The Morgan fingerprint density at radius 3 is 2.68 bits per heavy atom. The Labute approximate surface area is 168 Å². The number of carbonyl (C=O) groups is 2. The van der Waals surface area contributed by atoms with Crippen LogP contribution in [0.1, 0.15) is 46.0 Å². The molecule has 1 aromatic carbocycles. The standard InChI is InChI=1S/C22H26N2O3S/c1-13-9-14(2)22-18(10-13)17(15(3)24-22)6-7-23-20(25)11-16(12-21(26)27)19-5-4-8-28-19/h4-5,8-10,16,24H,6-7,11-12H2,1-3H3,(H,23,25)(H,26,27). The second-order valence-corrected chi connectivity index (χ2v) is 8.33. The fourth-order valence-corrected chi connectivity index (χ4v) is 4.62. The van der Waals surface area contributed by atoms with Crippen LogP contribution in [0.5, 0.6) is 0 Å². The summed E-state index contributed by atoms with van der Waals surface area (Å²) in [7, 11) is 0. The first-order chi connectivity index (χ1) is 13.3. The molecule has 28 heavy (non-hydrogen) atoms. The van der Waals surface area contributed by atoms with Gasteiger partial charge in [0.05, 0.1) is 6.42 Å². The number of aromatic amines is 1. The van der Waals surface area contributed by atoms with Gasteiger partial charge in [-0.25, -0.2) is 0 Å². The van der Waals surface area contributed by atoms with Gasteiger partial charge in [-0.2, -0.15) is 0 Å². The molecule has 1 unspecified atom stereocenters. The fraction of sp³-hybridized carbons (Fsp3) is 0.364. The van der Waals surface area contributed by atoms with Crippen LogP contribution in [0.2, 0.25) is 0 Å². The van der Waals surface area contributed by atoms with E-state index >= 15 is 0 Å². The third kappa shape index (κ3) is 4.62. The first kappa shape index (κ1) is 20.1. The monoisotopic (exact) mass is 398 g/mol. The molecule has 5 nitrogen and oxygen atoms in total. The fourth-order valence-electron chi connectivity index (χ4n) is 3.79. The first-order valence-electron chi connectivity index (χ1n) is 9.45. The number of aliphatic carboxylic acids is 1. The van der Waals surface area contributed by atoms with Crippen molar-refractivity contribution in [2.45, 2.75) is 46.0 Å². The van der Waals surface area contributed by atoms with E-state index in [1.54, 1.807) is 0 Å². The van der Waals surface area contributed by atoms with E-state index in [-0.39, 0.29) is 24.7 Å². The minimum absolute atomic E-state index is 0.0337. The highest BCUT2D eigenvalue weighted by atomic mass is 32.1. The van der Waals surface area contributed by atoms with Gasteiger partial charge in [0.15, 0.2) is 0 Å². The number of nitrogens with one attached hydrogen (secondary N) is 2. The Kier molecular flexibility index (Phi) is 6.19. The number of benzene rings is 1. The summed E-state index contributed by atoms with van der Waals surface area (Å²) in [5, 5.41) is 15.2. The van der Waals surface area contributed by atoms with Crippen LogP contribution >= 0.6 is 11.3 Å². The number of H-pyrrole nitrogens is 1. The van der Waals surface area contributed by atoms with Gasteiger partial charge in [-0.1, -0.05) is 17.7 Å². The van der Waals surface area contributed by atoms with Crippen molar-refractivity contribution in [3.05, 3.63) is 56.9 Å². The molecule has 6 heteroatoms. The quantitative estimate of drug-likeness (QED) is 0.524. The highest BCUT2D eigenvalue weighted by Gasteiger charge is 2.20. The molecule has 0 aliphatic rings. The number of fused-ring (bicyclic) bond motifs is 1. The number of aryl methyl sites for hydroxylation is 3. The topological polar surface area (TPSA) is 82.2 Å². The highest BCUT2D eigenvalue weighted by Crippen LogP contribution is 2.28. The summed E-state index contributed by atoms with van der Waals surface area (Å²) in [6, 6.07) is 8.13. The maximum atomic E-state index is 12.4. The van der Waals surface area contributed by atoms with Crippen LogP contribution in [-0.4, -0.2) is 28.5 Å². The van der Waals surface area contributed by atoms with Crippen LogP contribution in [-0.2, 0) is 16.0 Å². The lowest BCUT2D eigenvalue weighted by Crippen LogP contribution is -2.27. The number of carboxylic acids is 1. The minimum atomic E-state index is -0.883. The van der Waals surface area contributed by atoms with Gasteiger partial charge < -0.3 is 15.4 Å². The smallest absolute Gasteiger partial charge is 0.304 e. The molecule has 0 fully saturated rings. The molecule has 2 heterocycles. The summed E-state index contributed by atoms with van der Waals surface area (Å²) >= 11 is 1.50. The minimum Gasteiger partial charge on any atom is -0.481 e. The molecule has 2 aromatic heterocycles. The average molecular weight is 399 g/mol. The molecule has 0 radical (unpaired) electrons. The van der Waals surface area contributed by atoms with E-state index in [0.717, 1.165) is 22.5 Å². The van der Waals surface area contributed by atoms with Crippen molar-refractivity contribution in [1.29, 1.82) is 0 Å². The average Bonchev–Trinajstić information content (AvgIpc) is 3.23. The van der Waals surface area contributed by atoms with Crippen molar-refractivity contribution in [3.63, 3.8) is 0 Å². The van der Waals surface area contributed by atoms with Gasteiger partial charge in [0.2, 0.25) is 5.91 Å². The molecule has 0 bridgehead atoms. The first-order valence-corrected chi connectivity index (χ1v) is 10.3. The Bertz CT molecular complexity index is 989. The van der Waals surface area contributed by atoms with Crippen molar-refractivity contribution in [2.75, 3.05) is 6.54 Å². The summed E-state index contributed by atoms with van der Waals surface area (Å²) in [4.78, 5) is 27.9. The lowest BCUT2D eigenvalue weighted by atomic mass is 9.99. The number of thiophene rings is 1. The van der Waals surface area contributed by atoms with E-state index in [2.05, 4.69) is 43.2 Å². The van der Waals surface area contributed by atoms with E-state index in [1.165, 1.54) is 33.4 Å². The van der Waals surface area contributed by atoms with Crippen molar-refractivity contribution in [3.8, 4) is 0 Å². The van der Waals surface area contributed by atoms with Crippen LogP contribution in [0, 0.1) is 20.8 Å². The van der Waals surface area contributed by atoms with Crippen LogP contribution in [0.15, 0.2) is 29.6 Å². The summed E-state index contributed by atoms with van der Waals surface area (Å²) < 4.78 is 0. The molecule has 0 spiro atoms. The van der Waals surface area contributed by atoms with Crippen molar-refractivity contribution < 1.29 is 14.7 Å². The molecule has 3 N–H and O–H groups in total. The van der Waals surface area contributed by atoms with Crippen LogP contribution in [0.4, 0.5) is 0 Å². The number of carboxylic acid groups (broad SMARTS) is 1. The number of amides is 1. The highest BCUT2D eigenvalue weighted by molar-refractivity contribution is 7.10. The zero-order valence-electron chi connectivity index (χ0n) is 16.5. The summed E-state index contributed by atoms with van der Waals surface area (Å²) in [5.74, 6) is -1.27. The Hall–Kier alpha value is -2.60. The molecule has 148 valence electrons.